The highest BCUT2D eigenvalue weighted by atomic mass is 32.1. The number of nitrogens with zero attached hydrogens (tertiary/aromatic N) is 1. The Balaban J connectivity index is 2.67. The molecule has 0 heterocycles. The maximum absolute atomic E-state index is 13.5. The molecular weight excluding hydrogens is 255 g/mol. The number of likely N-dealkylation sites (N-methyl/N-ethyl adjacent to an activating group) is 1. The summed E-state index contributed by atoms with van der Waals surface area (Å²) in [5.41, 5.74) is 5.50. The molecule has 0 unspecified atom stereocenters. The highest BCUT2D eigenvalue weighted by Gasteiger charge is 2.10. The van der Waals surface area contributed by atoms with E-state index in [2.05, 4.69) is 12.2 Å². The minimum Gasteiger partial charge on any atom is -0.484 e. The average Bonchev–Trinajstić information content (AvgIpc) is 2.34. The van der Waals surface area contributed by atoms with E-state index in [1.54, 1.807) is 7.05 Å². The Labute approximate surface area is 111 Å². The van der Waals surface area contributed by atoms with E-state index in [9.17, 15) is 9.18 Å². The van der Waals surface area contributed by atoms with E-state index in [-0.39, 0.29) is 28.8 Å². The van der Waals surface area contributed by atoms with E-state index in [1.165, 1.54) is 17.0 Å². The van der Waals surface area contributed by atoms with Gasteiger partial charge >= 0.3 is 0 Å². The number of rotatable bonds is 5. The monoisotopic (exact) mass is 270 g/mol. The molecule has 0 spiro atoms. The van der Waals surface area contributed by atoms with Crippen molar-refractivity contribution in [2.24, 2.45) is 5.73 Å². The molecule has 0 atom stereocenters. The van der Waals surface area contributed by atoms with Gasteiger partial charge in [-0.05, 0) is 19.1 Å². The molecule has 0 saturated carbocycles. The zero-order chi connectivity index (χ0) is 13.7. The third-order valence-corrected chi connectivity index (χ3v) is 2.69. The maximum atomic E-state index is 13.5. The first-order chi connectivity index (χ1) is 8.45. The number of ether oxygens (including phenoxy) is 1. The van der Waals surface area contributed by atoms with E-state index < -0.39 is 5.82 Å². The number of benzene rings is 1. The van der Waals surface area contributed by atoms with Crippen LogP contribution < -0.4 is 10.5 Å². The maximum Gasteiger partial charge on any atom is 0.260 e. The van der Waals surface area contributed by atoms with Gasteiger partial charge in [-0.25, -0.2) is 4.39 Å². The molecule has 1 rings (SSSR count). The van der Waals surface area contributed by atoms with E-state index in [1.807, 2.05) is 6.92 Å². The Hall–Kier alpha value is -1.69. The lowest BCUT2D eigenvalue weighted by Crippen LogP contribution is -2.31. The van der Waals surface area contributed by atoms with Crippen LogP contribution in [0.2, 0.25) is 0 Å². The van der Waals surface area contributed by atoms with Crippen LogP contribution in [-0.2, 0) is 4.79 Å². The normalized spacial score (nSPS) is 9.94. The second-order valence-corrected chi connectivity index (χ2v) is 4.14. The number of hydrogen-bond donors (Lipinski definition) is 1. The van der Waals surface area contributed by atoms with Crippen molar-refractivity contribution in [1.82, 2.24) is 4.90 Å². The molecule has 0 aliphatic rings. The molecule has 1 aromatic rings. The summed E-state index contributed by atoms with van der Waals surface area (Å²) in [5, 5.41) is 0. The fraction of sp³-hybridized carbons (Fsp3) is 0.333. The minimum absolute atomic E-state index is 0.0131. The zero-order valence-electron chi connectivity index (χ0n) is 10.3. The number of thiocarbonyl (C=S) groups is 1. The van der Waals surface area contributed by atoms with Crippen LogP contribution in [0, 0.1) is 5.82 Å². The van der Waals surface area contributed by atoms with Crippen LogP contribution in [0.15, 0.2) is 18.2 Å². The van der Waals surface area contributed by atoms with Crippen LogP contribution >= 0.6 is 12.2 Å². The molecular formula is C12H15FN2O2S. The van der Waals surface area contributed by atoms with E-state index >= 15 is 0 Å². The predicted molar refractivity (Wildman–Crippen MR) is 71.1 cm³/mol. The van der Waals surface area contributed by atoms with Crippen LogP contribution in [0.3, 0.4) is 0 Å². The second-order valence-electron chi connectivity index (χ2n) is 3.70. The van der Waals surface area contributed by atoms with Crippen molar-refractivity contribution in [1.29, 1.82) is 0 Å². The number of amides is 1. The Bertz CT molecular complexity index is 465. The van der Waals surface area contributed by atoms with Gasteiger partial charge in [0.25, 0.3) is 5.91 Å². The molecule has 1 amide bonds. The molecule has 18 heavy (non-hydrogen) atoms. The third kappa shape index (κ3) is 3.66. The molecule has 1 aromatic carbocycles. The number of halogens is 1. The first-order valence-corrected chi connectivity index (χ1v) is 5.82. The topological polar surface area (TPSA) is 55.6 Å². The summed E-state index contributed by atoms with van der Waals surface area (Å²) in [6.45, 7) is 2.32. The Morgan fingerprint density at radius 3 is 2.72 bits per heavy atom. The van der Waals surface area contributed by atoms with Crippen LogP contribution in [-0.4, -0.2) is 36.0 Å². The summed E-state index contributed by atoms with van der Waals surface area (Å²) in [5.74, 6) is -0.460. The lowest BCUT2D eigenvalue weighted by atomic mass is 10.2. The Kier molecular flexibility index (Phi) is 5.03. The van der Waals surface area contributed by atoms with Gasteiger partial charge in [0.15, 0.2) is 6.61 Å². The lowest BCUT2D eigenvalue weighted by molar-refractivity contribution is -0.131. The molecule has 4 nitrogen and oxygen atoms in total. The molecule has 0 fully saturated rings. The standard InChI is InChI=1S/C12H15FN2O2S/c1-3-15(2)11(16)7-17-8-4-5-9(12(14)18)10(13)6-8/h4-6H,3,7H2,1-2H3,(H2,14,18). The zero-order valence-corrected chi connectivity index (χ0v) is 11.1. The van der Waals surface area contributed by atoms with Gasteiger partial charge in [0.1, 0.15) is 16.6 Å². The van der Waals surface area contributed by atoms with Gasteiger partial charge in [-0.3, -0.25) is 4.79 Å². The van der Waals surface area contributed by atoms with Crippen molar-refractivity contribution in [2.75, 3.05) is 20.2 Å². The molecule has 0 aromatic heterocycles. The van der Waals surface area contributed by atoms with Gasteiger partial charge in [-0.2, -0.15) is 0 Å². The minimum atomic E-state index is -0.559. The summed E-state index contributed by atoms with van der Waals surface area (Å²) >= 11 is 4.69. The Morgan fingerprint density at radius 1 is 1.56 bits per heavy atom. The van der Waals surface area contributed by atoms with Crippen molar-refractivity contribution in [3.8, 4) is 5.75 Å². The molecule has 0 bridgehead atoms. The molecule has 98 valence electrons. The van der Waals surface area contributed by atoms with Crippen molar-refractivity contribution in [3.63, 3.8) is 0 Å². The first-order valence-electron chi connectivity index (χ1n) is 5.41. The van der Waals surface area contributed by atoms with Crippen LogP contribution in [0.25, 0.3) is 0 Å². The summed E-state index contributed by atoms with van der Waals surface area (Å²) in [4.78, 5) is 13.0. The van der Waals surface area contributed by atoms with Crippen molar-refractivity contribution in [3.05, 3.63) is 29.6 Å². The third-order valence-electron chi connectivity index (χ3n) is 2.47. The number of carbonyl (C=O) groups is 1. The van der Waals surface area contributed by atoms with Gasteiger partial charge in [-0.15, -0.1) is 0 Å². The van der Waals surface area contributed by atoms with Crippen molar-refractivity contribution >= 4 is 23.1 Å². The highest BCUT2D eigenvalue weighted by molar-refractivity contribution is 7.80. The van der Waals surface area contributed by atoms with Gasteiger partial charge in [0.2, 0.25) is 0 Å². The molecule has 2 N–H and O–H groups in total. The van der Waals surface area contributed by atoms with Crippen LogP contribution in [0.5, 0.6) is 5.75 Å². The quantitative estimate of drug-likeness (QED) is 0.820. The molecule has 0 radical (unpaired) electrons. The highest BCUT2D eigenvalue weighted by Crippen LogP contribution is 2.16. The van der Waals surface area contributed by atoms with Crippen LogP contribution in [0.4, 0.5) is 4.39 Å². The Morgan fingerprint density at radius 2 is 2.22 bits per heavy atom. The van der Waals surface area contributed by atoms with E-state index in [0.29, 0.717) is 6.54 Å². The fourth-order valence-electron chi connectivity index (χ4n) is 1.22. The average molecular weight is 270 g/mol. The van der Waals surface area contributed by atoms with E-state index in [4.69, 9.17) is 10.5 Å². The largest absolute Gasteiger partial charge is 0.484 e. The summed E-state index contributed by atoms with van der Waals surface area (Å²) < 4.78 is 18.7. The second kappa shape index (κ2) is 6.30. The van der Waals surface area contributed by atoms with Crippen molar-refractivity contribution < 1.29 is 13.9 Å². The number of nitrogens with two attached hydrogens (primary N) is 1. The SMILES string of the molecule is CCN(C)C(=O)COc1ccc(C(N)=S)c(F)c1. The predicted octanol–water partition coefficient (Wildman–Crippen LogP) is 1.32. The molecule has 6 heteroatoms. The van der Waals surface area contributed by atoms with E-state index in [0.717, 1.165) is 6.07 Å². The molecule has 0 aliphatic heterocycles. The van der Waals surface area contributed by atoms with Crippen LogP contribution in [0.1, 0.15) is 12.5 Å². The smallest absolute Gasteiger partial charge is 0.260 e. The fourth-order valence-corrected chi connectivity index (χ4v) is 1.38. The van der Waals surface area contributed by atoms with Gasteiger partial charge < -0.3 is 15.4 Å². The first kappa shape index (κ1) is 14.4. The van der Waals surface area contributed by atoms with Gasteiger partial charge in [0, 0.05) is 25.2 Å². The summed E-state index contributed by atoms with van der Waals surface area (Å²) in [6, 6.07) is 4.12. The van der Waals surface area contributed by atoms with Gasteiger partial charge in [0.05, 0.1) is 0 Å². The molecule has 0 saturated heterocycles. The summed E-state index contributed by atoms with van der Waals surface area (Å²) in [7, 11) is 1.67. The van der Waals surface area contributed by atoms with Crippen molar-refractivity contribution in [2.45, 2.75) is 6.92 Å². The summed E-state index contributed by atoms with van der Waals surface area (Å²) in [6.07, 6.45) is 0. The van der Waals surface area contributed by atoms with Gasteiger partial charge in [-0.1, -0.05) is 12.2 Å². The number of hydrogen-bond acceptors (Lipinski definition) is 3. The lowest BCUT2D eigenvalue weighted by Gasteiger charge is -2.15. The number of carbonyl (C=O) groups excluding carboxylic acids is 1. The molecule has 0 aliphatic carbocycles.